The second kappa shape index (κ2) is 9.42. The monoisotopic (exact) mass is 446 g/mol. The lowest BCUT2D eigenvalue weighted by Crippen LogP contribution is -2.31. The zero-order chi connectivity index (χ0) is 21.7. The Labute approximate surface area is 181 Å². The highest BCUT2D eigenvalue weighted by Crippen LogP contribution is 2.26. The van der Waals surface area contributed by atoms with Crippen molar-refractivity contribution in [2.75, 3.05) is 18.4 Å². The summed E-state index contributed by atoms with van der Waals surface area (Å²) in [7, 11) is -3.78. The summed E-state index contributed by atoms with van der Waals surface area (Å²) in [6.45, 7) is 4.71. The predicted molar refractivity (Wildman–Crippen MR) is 117 cm³/mol. The second-order valence-electron chi connectivity index (χ2n) is 6.59. The molecule has 0 radical (unpaired) electrons. The fourth-order valence-electron chi connectivity index (χ4n) is 3.08. The van der Waals surface area contributed by atoms with Gasteiger partial charge in [0.2, 0.25) is 10.0 Å². The van der Waals surface area contributed by atoms with E-state index in [1.165, 1.54) is 22.5 Å². The normalized spacial score (nSPS) is 11.6. The first kappa shape index (κ1) is 22.0. The molecule has 0 spiro atoms. The number of sulfonamides is 1. The van der Waals surface area contributed by atoms with Gasteiger partial charge in [-0.15, -0.1) is 0 Å². The molecule has 0 saturated heterocycles. The van der Waals surface area contributed by atoms with Gasteiger partial charge < -0.3 is 5.32 Å². The van der Waals surface area contributed by atoms with E-state index in [4.69, 9.17) is 11.6 Å². The molecule has 0 fully saturated rings. The summed E-state index contributed by atoms with van der Waals surface area (Å²) in [5.41, 5.74) is 1.78. The summed E-state index contributed by atoms with van der Waals surface area (Å²) in [6, 6.07) is 13.5. The van der Waals surface area contributed by atoms with Crippen LogP contribution < -0.4 is 5.32 Å². The summed E-state index contributed by atoms with van der Waals surface area (Å²) in [6.07, 6.45) is 3.56. The molecule has 0 aliphatic heterocycles. The average Bonchev–Trinajstić information content (AvgIpc) is 3.22. The van der Waals surface area contributed by atoms with E-state index in [1.54, 1.807) is 30.8 Å². The number of benzene rings is 2. The number of carbonyl (C=O) groups excluding carboxylic acids is 1. The zero-order valence-electron chi connectivity index (χ0n) is 16.7. The van der Waals surface area contributed by atoms with Gasteiger partial charge in [-0.3, -0.25) is 9.48 Å². The van der Waals surface area contributed by atoms with Gasteiger partial charge in [0.1, 0.15) is 4.90 Å². The molecular weight excluding hydrogens is 424 g/mol. The third-order valence-electron chi connectivity index (χ3n) is 4.61. The van der Waals surface area contributed by atoms with Crippen LogP contribution in [0.3, 0.4) is 0 Å². The van der Waals surface area contributed by atoms with Crippen molar-refractivity contribution in [3.63, 3.8) is 0 Å². The van der Waals surface area contributed by atoms with Gasteiger partial charge in [-0.1, -0.05) is 37.6 Å². The van der Waals surface area contributed by atoms with E-state index in [9.17, 15) is 13.2 Å². The maximum atomic E-state index is 12.8. The molecule has 3 aromatic rings. The van der Waals surface area contributed by atoms with Crippen molar-refractivity contribution in [1.82, 2.24) is 14.1 Å². The lowest BCUT2D eigenvalue weighted by Gasteiger charge is -2.19. The highest BCUT2D eigenvalue weighted by molar-refractivity contribution is 7.89. The maximum Gasteiger partial charge on any atom is 0.255 e. The summed E-state index contributed by atoms with van der Waals surface area (Å²) >= 11 is 6.15. The number of rotatable bonds is 8. The number of hydrogen-bond donors (Lipinski definition) is 1. The Morgan fingerprint density at radius 3 is 2.57 bits per heavy atom. The van der Waals surface area contributed by atoms with Gasteiger partial charge in [0.15, 0.2) is 0 Å². The van der Waals surface area contributed by atoms with Crippen LogP contribution in [0.5, 0.6) is 0 Å². The molecule has 158 valence electrons. The van der Waals surface area contributed by atoms with Gasteiger partial charge >= 0.3 is 0 Å². The number of hydrogen-bond acceptors (Lipinski definition) is 4. The van der Waals surface area contributed by atoms with Crippen LogP contribution in [0.25, 0.3) is 0 Å². The van der Waals surface area contributed by atoms with Crippen molar-refractivity contribution in [2.45, 2.75) is 25.3 Å². The van der Waals surface area contributed by atoms with Crippen LogP contribution >= 0.6 is 11.6 Å². The van der Waals surface area contributed by atoms with E-state index in [0.29, 0.717) is 25.3 Å². The van der Waals surface area contributed by atoms with Gasteiger partial charge in [-0.05, 0) is 42.0 Å². The molecule has 0 aliphatic rings. The quantitative estimate of drug-likeness (QED) is 0.569. The number of anilines is 1. The van der Waals surface area contributed by atoms with Gasteiger partial charge in [-0.25, -0.2) is 8.42 Å². The minimum absolute atomic E-state index is 0.0760. The van der Waals surface area contributed by atoms with Gasteiger partial charge in [-0.2, -0.15) is 9.40 Å². The molecule has 1 amide bonds. The molecule has 2 aromatic carbocycles. The predicted octanol–water partition coefficient (Wildman–Crippen LogP) is 3.87. The molecular formula is C21H23ClN4O3S. The summed E-state index contributed by atoms with van der Waals surface area (Å²) in [4.78, 5) is 12.7. The van der Waals surface area contributed by atoms with Crippen molar-refractivity contribution in [1.29, 1.82) is 0 Å². The summed E-state index contributed by atoms with van der Waals surface area (Å²) < 4.78 is 28.8. The fourth-order valence-corrected chi connectivity index (χ4v) is 5.04. The summed E-state index contributed by atoms with van der Waals surface area (Å²) in [5.74, 6) is -0.418. The highest BCUT2D eigenvalue weighted by Gasteiger charge is 2.25. The van der Waals surface area contributed by atoms with Gasteiger partial charge in [0.05, 0.1) is 11.6 Å². The molecule has 1 heterocycles. The Hall–Kier alpha value is -2.68. The Balaban J connectivity index is 1.83. The second-order valence-corrected chi connectivity index (χ2v) is 8.91. The standard InChI is InChI=1S/C21H23ClN4O3S/c1-3-26(4-2)30(28,29)20-14-17(9-10-19(20)22)21(27)24-18-8-5-7-16(13-18)15-25-12-6-11-23-25/h5-14H,3-4,15H2,1-2H3,(H,24,27). The first-order chi connectivity index (χ1) is 14.3. The van der Waals surface area contributed by atoms with Gasteiger partial charge in [0.25, 0.3) is 5.91 Å². The largest absolute Gasteiger partial charge is 0.322 e. The molecule has 9 heteroatoms. The number of nitrogens with one attached hydrogen (secondary N) is 1. The topological polar surface area (TPSA) is 84.3 Å². The van der Waals surface area contributed by atoms with Crippen LogP contribution in [0.2, 0.25) is 5.02 Å². The Bertz CT molecular complexity index is 1130. The third kappa shape index (κ3) is 4.89. The molecule has 0 aliphatic carbocycles. The molecule has 0 atom stereocenters. The van der Waals surface area contributed by atoms with Gasteiger partial charge in [0, 0.05) is 36.7 Å². The molecule has 1 aromatic heterocycles. The van der Waals surface area contributed by atoms with Crippen LogP contribution in [0.1, 0.15) is 29.8 Å². The number of nitrogens with zero attached hydrogens (tertiary/aromatic N) is 3. The van der Waals surface area contributed by atoms with Crippen molar-refractivity contribution in [3.05, 3.63) is 77.1 Å². The van der Waals surface area contributed by atoms with E-state index >= 15 is 0 Å². The van der Waals surface area contributed by atoms with Crippen molar-refractivity contribution in [2.24, 2.45) is 0 Å². The molecule has 7 nitrogen and oxygen atoms in total. The van der Waals surface area contributed by atoms with Crippen LogP contribution in [-0.4, -0.2) is 41.5 Å². The number of carbonyl (C=O) groups is 1. The number of amides is 1. The first-order valence-corrected chi connectivity index (χ1v) is 11.3. The van der Waals surface area contributed by atoms with Crippen LogP contribution in [0.4, 0.5) is 5.69 Å². The summed E-state index contributed by atoms with van der Waals surface area (Å²) in [5, 5.41) is 7.07. The maximum absolute atomic E-state index is 12.8. The fraction of sp³-hybridized carbons (Fsp3) is 0.238. The lowest BCUT2D eigenvalue weighted by atomic mass is 10.1. The van der Waals surface area contributed by atoms with E-state index in [1.807, 2.05) is 30.5 Å². The molecule has 0 saturated carbocycles. The van der Waals surface area contributed by atoms with Crippen molar-refractivity contribution >= 4 is 33.2 Å². The highest BCUT2D eigenvalue weighted by atomic mass is 35.5. The Kier molecular flexibility index (Phi) is 6.91. The number of aromatic nitrogens is 2. The van der Waals surface area contributed by atoms with E-state index in [0.717, 1.165) is 5.56 Å². The average molecular weight is 447 g/mol. The third-order valence-corrected chi connectivity index (χ3v) is 7.14. The van der Waals surface area contributed by atoms with Crippen molar-refractivity contribution < 1.29 is 13.2 Å². The smallest absolute Gasteiger partial charge is 0.255 e. The van der Waals surface area contributed by atoms with Crippen molar-refractivity contribution in [3.8, 4) is 0 Å². The minimum atomic E-state index is -3.78. The Morgan fingerprint density at radius 1 is 1.13 bits per heavy atom. The van der Waals surface area contributed by atoms with Crippen LogP contribution in [0.15, 0.2) is 65.8 Å². The molecule has 3 rings (SSSR count). The van der Waals surface area contributed by atoms with E-state index < -0.39 is 15.9 Å². The van der Waals surface area contributed by atoms with E-state index in [2.05, 4.69) is 10.4 Å². The van der Waals surface area contributed by atoms with Crippen LogP contribution in [-0.2, 0) is 16.6 Å². The molecule has 1 N–H and O–H groups in total. The Morgan fingerprint density at radius 2 is 1.90 bits per heavy atom. The molecule has 0 bridgehead atoms. The SMILES string of the molecule is CCN(CC)S(=O)(=O)c1cc(C(=O)Nc2cccc(Cn3cccn3)c2)ccc1Cl. The first-order valence-electron chi connectivity index (χ1n) is 9.52. The lowest BCUT2D eigenvalue weighted by molar-refractivity contribution is 0.102. The number of halogens is 1. The molecule has 0 unspecified atom stereocenters. The molecule has 30 heavy (non-hydrogen) atoms. The minimum Gasteiger partial charge on any atom is -0.322 e. The zero-order valence-corrected chi connectivity index (χ0v) is 18.3. The van der Waals surface area contributed by atoms with Crippen LogP contribution in [0, 0.1) is 0 Å². The van der Waals surface area contributed by atoms with E-state index in [-0.39, 0.29) is 15.5 Å².